The fourth-order valence-corrected chi connectivity index (χ4v) is 3.52. The summed E-state index contributed by atoms with van der Waals surface area (Å²) in [6, 6.07) is 5.97. The van der Waals surface area contributed by atoms with Crippen molar-refractivity contribution in [2.45, 2.75) is 39.0 Å². The summed E-state index contributed by atoms with van der Waals surface area (Å²) in [7, 11) is 0. The van der Waals surface area contributed by atoms with E-state index in [1.807, 2.05) is 19.9 Å². The molecule has 0 radical (unpaired) electrons. The maximum atomic E-state index is 15.3. The molecule has 0 bridgehead atoms. The molecule has 0 unspecified atom stereocenters. The fourth-order valence-electron chi connectivity index (χ4n) is 3.52. The molecule has 9 nitrogen and oxygen atoms in total. The van der Waals surface area contributed by atoms with Crippen molar-refractivity contribution >= 4 is 0 Å². The van der Waals surface area contributed by atoms with Crippen LogP contribution >= 0.6 is 0 Å². The lowest BCUT2D eigenvalue weighted by atomic mass is 9.86. The number of halogens is 1. The zero-order valence-electron chi connectivity index (χ0n) is 16.3. The van der Waals surface area contributed by atoms with Crippen LogP contribution in [0, 0.1) is 19.7 Å². The molecule has 150 valence electrons. The van der Waals surface area contributed by atoms with E-state index in [2.05, 4.69) is 25.3 Å². The summed E-state index contributed by atoms with van der Waals surface area (Å²) < 4.78 is 19.9. The molecule has 1 aromatic carbocycles. The van der Waals surface area contributed by atoms with Gasteiger partial charge in [-0.3, -0.25) is 0 Å². The number of hydrogen-bond acceptors (Lipinski definition) is 6. The molecule has 0 spiro atoms. The first kappa shape index (κ1) is 18.9. The monoisotopic (exact) mass is 396 g/mol. The van der Waals surface area contributed by atoms with E-state index >= 15 is 4.39 Å². The van der Waals surface area contributed by atoms with Crippen LogP contribution in [0.5, 0.6) is 0 Å². The lowest BCUT2D eigenvalue weighted by Gasteiger charge is -2.34. The molecule has 10 heteroatoms. The molecule has 4 rings (SSSR count). The van der Waals surface area contributed by atoms with Gasteiger partial charge in [-0.15, -0.1) is 0 Å². The summed E-state index contributed by atoms with van der Waals surface area (Å²) >= 11 is 0. The van der Waals surface area contributed by atoms with Gasteiger partial charge in [0.15, 0.2) is 0 Å². The molecule has 0 fully saturated rings. The lowest BCUT2D eigenvalue weighted by molar-refractivity contribution is -0.0369. The molecule has 4 aromatic rings. The van der Waals surface area contributed by atoms with Gasteiger partial charge >= 0.3 is 0 Å². The predicted molar refractivity (Wildman–Crippen MR) is 102 cm³/mol. The van der Waals surface area contributed by atoms with Crippen LogP contribution < -0.4 is 0 Å². The molecule has 1 N–H and O–H groups in total. The molecular weight excluding hydrogens is 375 g/mol. The summed E-state index contributed by atoms with van der Waals surface area (Å²) in [4.78, 5) is 7.85. The second-order valence-corrected chi connectivity index (χ2v) is 7.07. The van der Waals surface area contributed by atoms with Crippen molar-refractivity contribution in [2.75, 3.05) is 0 Å². The van der Waals surface area contributed by atoms with E-state index in [0.29, 0.717) is 5.69 Å². The molecule has 0 saturated heterocycles. The molecule has 29 heavy (non-hydrogen) atoms. The molecule has 3 aromatic heterocycles. The van der Waals surface area contributed by atoms with Crippen molar-refractivity contribution in [1.82, 2.24) is 39.3 Å². The molecule has 3 heterocycles. The van der Waals surface area contributed by atoms with Gasteiger partial charge in [-0.05, 0) is 39.0 Å². The van der Waals surface area contributed by atoms with E-state index in [0.717, 1.165) is 11.4 Å². The minimum absolute atomic E-state index is 0.00972. The SMILES string of the molecule is Cc1cc(C)n(-c2ccc([C@@](O)(Cn3cncn3)[C@@H](C)n3cncn3)c(F)c2)n1. The van der Waals surface area contributed by atoms with Crippen molar-refractivity contribution in [3.8, 4) is 5.69 Å². The van der Waals surface area contributed by atoms with E-state index in [-0.39, 0.29) is 12.1 Å². The molecule has 0 aliphatic heterocycles. The Morgan fingerprint density at radius 2 is 1.86 bits per heavy atom. The van der Waals surface area contributed by atoms with Crippen LogP contribution in [0.25, 0.3) is 5.69 Å². The largest absolute Gasteiger partial charge is 0.381 e. The molecule has 0 amide bonds. The van der Waals surface area contributed by atoms with Gasteiger partial charge in [0.1, 0.15) is 36.7 Å². The number of hydrogen-bond donors (Lipinski definition) is 1. The van der Waals surface area contributed by atoms with Crippen molar-refractivity contribution in [3.63, 3.8) is 0 Å². The molecular formula is C19H21FN8O. The second kappa shape index (κ2) is 7.21. The zero-order chi connectivity index (χ0) is 20.6. The quantitative estimate of drug-likeness (QED) is 0.535. The van der Waals surface area contributed by atoms with E-state index in [1.54, 1.807) is 23.7 Å². The first-order valence-corrected chi connectivity index (χ1v) is 9.11. The van der Waals surface area contributed by atoms with Gasteiger partial charge in [0, 0.05) is 11.3 Å². The third kappa shape index (κ3) is 3.42. The van der Waals surface area contributed by atoms with Gasteiger partial charge in [0.2, 0.25) is 0 Å². The van der Waals surface area contributed by atoms with Crippen LogP contribution in [0.3, 0.4) is 0 Å². The highest BCUT2D eigenvalue weighted by molar-refractivity contribution is 5.39. The average molecular weight is 396 g/mol. The van der Waals surface area contributed by atoms with E-state index in [4.69, 9.17) is 0 Å². The number of nitrogens with zero attached hydrogens (tertiary/aromatic N) is 8. The first-order valence-electron chi connectivity index (χ1n) is 9.11. The smallest absolute Gasteiger partial charge is 0.137 e. The topological polar surface area (TPSA) is 99.5 Å². The molecule has 0 aliphatic rings. The standard InChI is InChI=1S/C19H21FN8O/c1-13-6-14(2)28(25-13)16-4-5-17(18(20)7-16)19(29,8-26-11-21-9-23-26)15(3)27-12-22-10-24-27/h4-7,9-12,15,29H,8H2,1-3H3/t15-,19-/m1/s1. The molecule has 0 saturated carbocycles. The van der Waals surface area contributed by atoms with E-state index in [1.165, 1.54) is 40.7 Å². The minimum atomic E-state index is -1.65. The lowest BCUT2D eigenvalue weighted by Crippen LogP contribution is -2.40. The van der Waals surface area contributed by atoms with Gasteiger partial charge in [0.25, 0.3) is 0 Å². The predicted octanol–water partition coefficient (Wildman–Crippen LogP) is 1.96. The zero-order valence-corrected chi connectivity index (χ0v) is 16.3. The number of rotatable bonds is 6. The van der Waals surface area contributed by atoms with Crippen LogP contribution in [0.2, 0.25) is 0 Å². The maximum absolute atomic E-state index is 15.3. The van der Waals surface area contributed by atoms with E-state index in [9.17, 15) is 5.11 Å². The Bertz CT molecular complexity index is 1110. The Morgan fingerprint density at radius 3 is 2.45 bits per heavy atom. The highest BCUT2D eigenvalue weighted by Crippen LogP contribution is 2.36. The Hall–Kier alpha value is -3.40. The Labute approximate surface area is 166 Å². The highest BCUT2D eigenvalue weighted by Gasteiger charge is 2.40. The van der Waals surface area contributed by atoms with Crippen LogP contribution in [0.1, 0.15) is 29.9 Å². The minimum Gasteiger partial charge on any atom is -0.381 e. The second-order valence-electron chi connectivity index (χ2n) is 7.07. The van der Waals surface area contributed by atoms with Gasteiger partial charge in [-0.25, -0.2) is 28.4 Å². The van der Waals surface area contributed by atoms with Crippen molar-refractivity contribution < 1.29 is 9.50 Å². The van der Waals surface area contributed by atoms with Crippen molar-refractivity contribution in [1.29, 1.82) is 0 Å². The van der Waals surface area contributed by atoms with Crippen LogP contribution in [0.4, 0.5) is 4.39 Å². The van der Waals surface area contributed by atoms with Gasteiger partial charge in [-0.1, -0.05) is 6.07 Å². The Balaban J connectivity index is 1.79. The molecule has 0 aliphatic carbocycles. The van der Waals surface area contributed by atoms with Crippen molar-refractivity contribution in [2.24, 2.45) is 0 Å². The number of aliphatic hydroxyl groups is 1. The summed E-state index contributed by atoms with van der Waals surface area (Å²) in [5, 5.41) is 24.2. The fraction of sp³-hybridized carbons (Fsp3) is 0.316. The average Bonchev–Trinajstić information content (AvgIpc) is 3.43. The molecule has 2 atom stereocenters. The third-order valence-electron chi connectivity index (χ3n) is 5.07. The van der Waals surface area contributed by atoms with Crippen LogP contribution in [0.15, 0.2) is 49.6 Å². The first-order chi connectivity index (χ1) is 13.9. The summed E-state index contributed by atoms with van der Waals surface area (Å²) in [6.07, 6.45) is 5.69. The number of benzene rings is 1. The highest BCUT2D eigenvalue weighted by atomic mass is 19.1. The van der Waals surface area contributed by atoms with Gasteiger partial charge in [0.05, 0.1) is 24.0 Å². The number of aromatic nitrogens is 8. The number of aryl methyl sites for hydroxylation is 2. The Morgan fingerprint density at radius 1 is 1.10 bits per heavy atom. The third-order valence-corrected chi connectivity index (χ3v) is 5.07. The van der Waals surface area contributed by atoms with Crippen LogP contribution in [-0.4, -0.2) is 44.4 Å². The summed E-state index contributed by atoms with van der Waals surface area (Å²) in [6.45, 7) is 5.52. The van der Waals surface area contributed by atoms with Crippen molar-refractivity contribution in [3.05, 3.63) is 72.3 Å². The van der Waals surface area contributed by atoms with Gasteiger partial charge < -0.3 is 5.11 Å². The summed E-state index contributed by atoms with van der Waals surface area (Å²) in [5.41, 5.74) is 0.784. The maximum Gasteiger partial charge on any atom is 0.137 e. The van der Waals surface area contributed by atoms with Gasteiger partial charge in [-0.2, -0.15) is 15.3 Å². The Kier molecular flexibility index (Phi) is 4.71. The van der Waals surface area contributed by atoms with E-state index < -0.39 is 17.5 Å². The normalized spacial score (nSPS) is 14.7. The summed E-state index contributed by atoms with van der Waals surface area (Å²) in [5.74, 6) is -0.551. The van der Waals surface area contributed by atoms with Crippen LogP contribution in [-0.2, 0) is 12.1 Å².